The molecule has 1 aliphatic rings. The Morgan fingerprint density at radius 1 is 1.17 bits per heavy atom. The van der Waals surface area contributed by atoms with E-state index in [1.807, 2.05) is 39.1 Å². The highest BCUT2D eigenvalue weighted by Gasteiger charge is 2.24. The molecule has 3 rings (SSSR count). The van der Waals surface area contributed by atoms with Gasteiger partial charge in [-0.3, -0.25) is 9.62 Å². The lowest BCUT2D eigenvalue weighted by Gasteiger charge is -2.14. The molecule has 128 valence electrons. The minimum absolute atomic E-state index is 0.124. The summed E-state index contributed by atoms with van der Waals surface area (Å²) >= 11 is 6.16. The van der Waals surface area contributed by atoms with E-state index in [4.69, 9.17) is 11.6 Å². The number of nitrogens with zero attached hydrogens (tertiary/aromatic N) is 1. The van der Waals surface area contributed by atoms with Gasteiger partial charge in [0.05, 0.1) is 10.7 Å². The van der Waals surface area contributed by atoms with Crippen molar-refractivity contribution in [3.05, 3.63) is 58.1 Å². The van der Waals surface area contributed by atoms with E-state index < -0.39 is 10.0 Å². The molecule has 0 atom stereocenters. The second-order valence-corrected chi connectivity index (χ2v) is 8.62. The van der Waals surface area contributed by atoms with Crippen LogP contribution in [-0.2, 0) is 23.1 Å². The van der Waals surface area contributed by atoms with Gasteiger partial charge >= 0.3 is 0 Å². The van der Waals surface area contributed by atoms with Crippen LogP contribution in [0.2, 0.25) is 5.02 Å². The van der Waals surface area contributed by atoms with Crippen molar-refractivity contribution in [2.24, 2.45) is 0 Å². The smallest absolute Gasteiger partial charge is 0.263 e. The normalized spacial score (nSPS) is 14.9. The predicted octanol–water partition coefficient (Wildman–Crippen LogP) is 4.21. The quantitative estimate of drug-likeness (QED) is 0.884. The molecule has 0 amide bonds. The largest absolute Gasteiger partial charge is 0.298 e. The van der Waals surface area contributed by atoms with Crippen molar-refractivity contribution in [1.29, 1.82) is 0 Å². The van der Waals surface area contributed by atoms with Gasteiger partial charge in [0, 0.05) is 13.1 Å². The van der Waals surface area contributed by atoms with Crippen LogP contribution >= 0.6 is 11.6 Å². The van der Waals surface area contributed by atoms with Crippen molar-refractivity contribution in [2.75, 3.05) is 11.8 Å². The lowest BCUT2D eigenvalue weighted by Crippen LogP contribution is -2.15. The molecule has 24 heavy (non-hydrogen) atoms. The van der Waals surface area contributed by atoms with Crippen LogP contribution in [0.25, 0.3) is 0 Å². The third-order valence-electron chi connectivity index (χ3n) is 4.30. The van der Waals surface area contributed by atoms with Gasteiger partial charge in [-0.05, 0) is 47.9 Å². The molecular weight excluding hydrogens is 344 g/mol. The molecule has 0 radical (unpaired) electrons. The van der Waals surface area contributed by atoms with Gasteiger partial charge < -0.3 is 0 Å². The number of halogens is 1. The van der Waals surface area contributed by atoms with Crippen molar-refractivity contribution in [3.8, 4) is 0 Å². The Kier molecular flexibility index (Phi) is 4.60. The Balaban J connectivity index is 1.99. The third-order valence-corrected chi connectivity index (χ3v) is 6.14. The Bertz CT molecular complexity index is 879. The maximum absolute atomic E-state index is 12.9. The number of rotatable bonds is 4. The van der Waals surface area contributed by atoms with Crippen LogP contribution in [0.5, 0.6) is 0 Å². The summed E-state index contributed by atoms with van der Waals surface area (Å²) in [5.74, 6) is 0.228. The molecule has 0 fully saturated rings. The number of nitrogens with one attached hydrogen (secondary N) is 1. The van der Waals surface area contributed by atoms with E-state index in [-0.39, 0.29) is 15.8 Å². The molecule has 2 aromatic rings. The summed E-state index contributed by atoms with van der Waals surface area (Å²) in [7, 11) is -1.72. The van der Waals surface area contributed by atoms with Gasteiger partial charge in [0.2, 0.25) is 0 Å². The van der Waals surface area contributed by atoms with Gasteiger partial charge in [0.1, 0.15) is 4.90 Å². The lowest BCUT2D eigenvalue weighted by molar-refractivity contribution is 0.353. The topological polar surface area (TPSA) is 49.4 Å². The highest BCUT2D eigenvalue weighted by molar-refractivity contribution is 7.92. The Morgan fingerprint density at radius 2 is 1.92 bits per heavy atom. The lowest BCUT2D eigenvalue weighted by atomic mass is 10.0. The molecule has 0 aliphatic carbocycles. The Hall–Kier alpha value is -1.56. The van der Waals surface area contributed by atoms with Crippen LogP contribution in [0.4, 0.5) is 5.69 Å². The SMILES string of the molecule is CC(C)c1ccc(Cl)c(S(=O)(=O)Nc2cccc3c2CN(C)C3)c1. The monoisotopic (exact) mass is 364 g/mol. The first-order valence-electron chi connectivity index (χ1n) is 7.89. The Morgan fingerprint density at radius 3 is 2.62 bits per heavy atom. The fourth-order valence-electron chi connectivity index (χ4n) is 2.97. The minimum Gasteiger partial charge on any atom is -0.298 e. The molecular formula is C18H21ClN2O2S. The average molecular weight is 365 g/mol. The van der Waals surface area contributed by atoms with Crippen LogP contribution in [0.15, 0.2) is 41.3 Å². The van der Waals surface area contributed by atoms with Crippen LogP contribution in [-0.4, -0.2) is 20.4 Å². The zero-order valence-corrected chi connectivity index (χ0v) is 15.6. The molecule has 1 heterocycles. The minimum atomic E-state index is -3.74. The first-order chi connectivity index (χ1) is 11.3. The van der Waals surface area contributed by atoms with Gasteiger partial charge in [-0.25, -0.2) is 8.42 Å². The molecule has 0 unspecified atom stereocenters. The fraction of sp³-hybridized carbons (Fsp3) is 0.333. The van der Waals surface area contributed by atoms with Crippen LogP contribution in [0.3, 0.4) is 0 Å². The second-order valence-electron chi connectivity index (χ2n) is 6.57. The maximum atomic E-state index is 12.9. The maximum Gasteiger partial charge on any atom is 0.263 e. The molecule has 4 nitrogen and oxygen atoms in total. The summed E-state index contributed by atoms with van der Waals surface area (Å²) < 4.78 is 28.5. The highest BCUT2D eigenvalue weighted by Crippen LogP contribution is 2.32. The molecule has 0 saturated heterocycles. The van der Waals surface area contributed by atoms with Crippen LogP contribution in [0, 0.1) is 0 Å². The first-order valence-corrected chi connectivity index (χ1v) is 9.75. The molecule has 0 saturated carbocycles. The van der Waals surface area contributed by atoms with Crippen molar-refractivity contribution in [2.45, 2.75) is 37.8 Å². The van der Waals surface area contributed by atoms with E-state index in [0.29, 0.717) is 5.69 Å². The molecule has 1 N–H and O–H groups in total. The van der Waals surface area contributed by atoms with E-state index >= 15 is 0 Å². The molecule has 0 spiro atoms. The molecule has 0 bridgehead atoms. The molecule has 0 aromatic heterocycles. The summed E-state index contributed by atoms with van der Waals surface area (Å²) in [6.45, 7) is 5.60. The van der Waals surface area contributed by atoms with E-state index in [1.165, 1.54) is 0 Å². The van der Waals surface area contributed by atoms with Gasteiger partial charge in [0.15, 0.2) is 0 Å². The van der Waals surface area contributed by atoms with Gasteiger partial charge in [0.25, 0.3) is 10.0 Å². The van der Waals surface area contributed by atoms with Crippen molar-refractivity contribution < 1.29 is 8.42 Å². The van der Waals surface area contributed by atoms with Gasteiger partial charge in [-0.15, -0.1) is 0 Å². The van der Waals surface area contributed by atoms with E-state index in [9.17, 15) is 8.42 Å². The second kappa shape index (κ2) is 6.39. The van der Waals surface area contributed by atoms with Crippen LogP contribution in [0.1, 0.15) is 36.5 Å². The van der Waals surface area contributed by atoms with Gasteiger partial charge in [-0.1, -0.05) is 43.6 Å². The Labute approximate surface area is 148 Å². The number of hydrogen-bond donors (Lipinski definition) is 1. The summed E-state index contributed by atoms with van der Waals surface area (Å²) in [5.41, 5.74) is 3.75. The molecule has 6 heteroatoms. The summed E-state index contributed by atoms with van der Waals surface area (Å²) in [4.78, 5) is 2.27. The third kappa shape index (κ3) is 3.29. The van der Waals surface area contributed by atoms with Crippen molar-refractivity contribution >= 4 is 27.3 Å². The number of benzene rings is 2. The fourth-order valence-corrected chi connectivity index (χ4v) is 4.60. The molecule has 2 aromatic carbocycles. The van der Waals surface area contributed by atoms with E-state index in [1.54, 1.807) is 18.2 Å². The van der Waals surface area contributed by atoms with Gasteiger partial charge in [-0.2, -0.15) is 0 Å². The zero-order chi connectivity index (χ0) is 17.5. The summed E-state index contributed by atoms with van der Waals surface area (Å²) in [6.07, 6.45) is 0. The van der Waals surface area contributed by atoms with E-state index in [0.717, 1.165) is 29.8 Å². The predicted molar refractivity (Wildman–Crippen MR) is 98.0 cm³/mol. The van der Waals surface area contributed by atoms with E-state index in [2.05, 4.69) is 9.62 Å². The standard InChI is InChI=1S/C18H21ClN2O2S/c1-12(2)13-7-8-16(19)18(9-13)24(22,23)20-17-6-4-5-14-10-21(3)11-15(14)17/h4-9,12,20H,10-11H2,1-3H3. The average Bonchev–Trinajstić information content (AvgIpc) is 2.88. The number of hydrogen-bond acceptors (Lipinski definition) is 3. The number of fused-ring (bicyclic) bond motifs is 1. The molecule has 1 aliphatic heterocycles. The van der Waals surface area contributed by atoms with Crippen LogP contribution < -0.4 is 4.72 Å². The highest BCUT2D eigenvalue weighted by atomic mass is 35.5. The van der Waals surface area contributed by atoms with Crippen molar-refractivity contribution in [3.63, 3.8) is 0 Å². The number of sulfonamides is 1. The summed E-state index contributed by atoms with van der Waals surface area (Å²) in [5, 5.41) is 0.233. The first kappa shape index (κ1) is 17.3. The van der Waals surface area contributed by atoms with Crippen molar-refractivity contribution in [1.82, 2.24) is 4.90 Å². The number of anilines is 1. The zero-order valence-electron chi connectivity index (χ0n) is 14.0. The summed E-state index contributed by atoms with van der Waals surface area (Å²) in [6, 6.07) is 10.9.